The molecule has 5 nitrogen and oxygen atoms in total. The minimum absolute atomic E-state index is 0.0309. The average molecular weight is 358 g/mol. The van der Waals surface area contributed by atoms with Crippen molar-refractivity contribution >= 4 is 28.8 Å². The molecule has 0 N–H and O–H groups in total. The van der Waals surface area contributed by atoms with Gasteiger partial charge in [-0.15, -0.1) is 0 Å². The molecule has 0 aliphatic carbocycles. The van der Waals surface area contributed by atoms with Crippen molar-refractivity contribution in [2.24, 2.45) is 4.99 Å². The number of allylic oxidation sites excluding steroid dienone is 1. The van der Waals surface area contributed by atoms with Crippen LogP contribution in [0, 0.1) is 6.92 Å². The molecule has 1 amide bonds. The van der Waals surface area contributed by atoms with Crippen LogP contribution in [-0.4, -0.2) is 33.3 Å². The molecule has 132 valence electrons. The Balaban J connectivity index is 2.12. The second kappa shape index (κ2) is 6.67. The normalized spacial score (nSPS) is 23.0. The summed E-state index contributed by atoms with van der Waals surface area (Å²) in [4.78, 5) is 31.6. The first-order chi connectivity index (χ1) is 11.8. The molecule has 2 heterocycles. The number of hydrogen-bond acceptors (Lipinski definition) is 5. The number of hydrogen-bond donors (Lipinski definition) is 0. The number of carbonyl (C=O) groups excluding carboxylic acids is 2. The van der Waals surface area contributed by atoms with Gasteiger partial charge in [-0.05, 0) is 40.2 Å². The minimum atomic E-state index is -0.496. The summed E-state index contributed by atoms with van der Waals surface area (Å²) >= 11 is 1.43. The van der Waals surface area contributed by atoms with Crippen molar-refractivity contribution in [3.05, 3.63) is 46.7 Å². The Morgan fingerprint density at radius 2 is 1.88 bits per heavy atom. The van der Waals surface area contributed by atoms with Crippen molar-refractivity contribution in [3.8, 4) is 0 Å². The quantitative estimate of drug-likeness (QED) is 0.775. The van der Waals surface area contributed by atoms with Crippen LogP contribution < -0.4 is 0 Å². The third-order valence-corrected chi connectivity index (χ3v) is 5.27. The SMILES string of the molecule is CC1=C(C(=O)OC(C)C)[C@H](c2ccc(C)cc2)N2C(=O)[C@@H](C)SC2=N1. The van der Waals surface area contributed by atoms with E-state index < -0.39 is 12.0 Å². The van der Waals surface area contributed by atoms with Crippen molar-refractivity contribution in [1.82, 2.24) is 4.90 Å². The molecule has 0 unspecified atom stereocenters. The highest BCUT2D eigenvalue weighted by Gasteiger charge is 2.46. The van der Waals surface area contributed by atoms with E-state index >= 15 is 0 Å². The van der Waals surface area contributed by atoms with Gasteiger partial charge in [0.25, 0.3) is 0 Å². The maximum Gasteiger partial charge on any atom is 0.338 e. The summed E-state index contributed by atoms with van der Waals surface area (Å²) in [5.41, 5.74) is 3.05. The summed E-state index contributed by atoms with van der Waals surface area (Å²) in [5.74, 6) is -0.449. The molecule has 25 heavy (non-hydrogen) atoms. The Labute approximate surface area is 152 Å². The zero-order chi connectivity index (χ0) is 18.3. The van der Waals surface area contributed by atoms with Gasteiger partial charge in [0.05, 0.1) is 28.7 Å². The fourth-order valence-corrected chi connectivity index (χ4v) is 4.03. The van der Waals surface area contributed by atoms with E-state index in [9.17, 15) is 9.59 Å². The van der Waals surface area contributed by atoms with E-state index in [1.807, 2.05) is 52.0 Å². The van der Waals surface area contributed by atoms with Crippen molar-refractivity contribution in [2.45, 2.75) is 52.0 Å². The standard InChI is InChI=1S/C19H22N2O3S/c1-10(2)24-18(23)15-12(4)20-19-21(17(22)13(5)25-19)16(15)14-8-6-11(3)7-9-14/h6-10,13,16H,1-5H3/t13-,16+/m1/s1. The lowest BCUT2D eigenvalue weighted by Gasteiger charge is -2.33. The van der Waals surface area contributed by atoms with Crippen LogP contribution >= 0.6 is 11.8 Å². The van der Waals surface area contributed by atoms with Gasteiger partial charge in [0, 0.05) is 0 Å². The molecule has 1 fully saturated rings. The molecule has 0 spiro atoms. The van der Waals surface area contributed by atoms with Gasteiger partial charge < -0.3 is 4.74 Å². The molecule has 0 bridgehead atoms. The number of benzene rings is 1. The first kappa shape index (κ1) is 17.7. The topological polar surface area (TPSA) is 59.0 Å². The highest BCUT2D eigenvalue weighted by Crippen LogP contribution is 2.43. The molecule has 0 saturated carbocycles. The summed E-state index contributed by atoms with van der Waals surface area (Å²) in [5, 5.41) is 0.446. The summed E-state index contributed by atoms with van der Waals surface area (Å²) in [6.07, 6.45) is -0.237. The lowest BCUT2D eigenvalue weighted by Crippen LogP contribution is -2.40. The van der Waals surface area contributed by atoms with Crippen LogP contribution in [0.5, 0.6) is 0 Å². The average Bonchev–Trinajstić information content (AvgIpc) is 2.80. The Morgan fingerprint density at radius 3 is 2.48 bits per heavy atom. The van der Waals surface area contributed by atoms with E-state index in [2.05, 4.69) is 4.99 Å². The van der Waals surface area contributed by atoms with Crippen molar-refractivity contribution in [1.29, 1.82) is 0 Å². The molecular weight excluding hydrogens is 336 g/mol. The molecule has 6 heteroatoms. The van der Waals surface area contributed by atoms with Crippen LogP contribution in [0.15, 0.2) is 40.5 Å². The van der Waals surface area contributed by atoms with Gasteiger partial charge in [-0.2, -0.15) is 0 Å². The van der Waals surface area contributed by atoms with E-state index in [0.29, 0.717) is 16.4 Å². The predicted molar refractivity (Wildman–Crippen MR) is 99.2 cm³/mol. The number of esters is 1. The number of ether oxygens (including phenoxy) is 1. The lowest BCUT2D eigenvalue weighted by atomic mass is 9.93. The van der Waals surface area contributed by atoms with Gasteiger partial charge in [-0.3, -0.25) is 9.69 Å². The number of aryl methyl sites for hydroxylation is 1. The summed E-state index contributed by atoms with van der Waals surface area (Å²) < 4.78 is 5.44. The second-order valence-corrected chi connectivity index (χ2v) is 7.94. The van der Waals surface area contributed by atoms with E-state index in [1.165, 1.54) is 11.8 Å². The molecule has 0 aromatic heterocycles. The van der Waals surface area contributed by atoms with Gasteiger partial charge >= 0.3 is 5.97 Å². The molecule has 1 aromatic rings. The van der Waals surface area contributed by atoms with Crippen molar-refractivity contribution in [3.63, 3.8) is 0 Å². The predicted octanol–water partition coefficient (Wildman–Crippen LogP) is 3.60. The molecule has 2 atom stereocenters. The van der Waals surface area contributed by atoms with Gasteiger partial charge in [0.15, 0.2) is 5.17 Å². The molecule has 2 aliphatic rings. The maximum atomic E-state index is 12.8. The monoisotopic (exact) mass is 358 g/mol. The Morgan fingerprint density at radius 1 is 1.24 bits per heavy atom. The molecule has 1 aromatic carbocycles. The number of fused-ring (bicyclic) bond motifs is 1. The Kier molecular flexibility index (Phi) is 4.73. The van der Waals surface area contributed by atoms with E-state index in [0.717, 1.165) is 11.1 Å². The fourth-order valence-electron chi connectivity index (χ4n) is 3.01. The van der Waals surface area contributed by atoms with Gasteiger partial charge in [-0.25, -0.2) is 9.79 Å². The number of amides is 1. The maximum absolute atomic E-state index is 12.8. The number of aliphatic imine (C=N–C) groups is 1. The molecule has 1 saturated heterocycles. The molecule has 0 radical (unpaired) electrons. The highest BCUT2D eigenvalue weighted by atomic mass is 32.2. The van der Waals surface area contributed by atoms with Crippen molar-refractivity contribution in [2.75, 3.05) is 0 Å². The van der Waals surface area contributed by atoms with Crippen LogP contribution in [0.1, 0.15) is 44.9 Å². The molecule has 3 rings (SSSR count). The van der Waals surface area contributed by atoms with E-state index in [1.54, 1.807) is 11.8 Å². The van der Waals surface area contributed by atoms with Crippen LogP contribution in [-0.2, 0) is 14.3 Å². The molecule has 2 aliphatic heterocycles. The summed E-state index contributed by atoms with van der Waals surface area (Å²) in [6.45, 7) is 9.29. The second-order valence-electron chi connectivity index (χ2n) is 6.63. The third kappa shape index (κ3) is 3.23. The van der Waals surface area contributed by atoms with Crippen LogP contribution in [0.2, 0.25) is 0 Å². The Bertz CT molecular complexity index is 780. The smallest absolute Gasteiger partial charge is 0.338 e. The first-order valence-electron chi connectivity index (χ1n) is 8.36. The summed E-state index contributed by atoms with van der Waals surface area (Å²) in [7, 11) is 0. The highest BCUT2D eigenvalue weighted by molar-refractivity contribution is 8.15. The molecular formula is C19H22N2O3S. The Hall–Kier alpha value is -2.08. The number of rotatable bonds is 3. The summed E-state index contributed by atoms with van der Waals surface area (Å²) in [6, 6.07) is 7.39. The largest absolute Gasteiger partial charge is 0.459 e. The zero-order valence-corrected chi connectivity index (χ0v) is 15.9. The number of carbonyl (C=O) groups is 2. The number of amidine groups is 1. The number of nitrogens with zero attached hydrogens (tertiary/aromatic N) is 2. The van der Waals surface area contributed by atoms with Gasteiger partial charge in [-0.1, -0.05) is 41.6 Å². The zero-order valence-electron chi connectivity index (χ0n) is 15.1. The van der Waals surface area contributed by atoms with Gasteiger partial charge in [0.2, 0.25) is 5.91 Å². The minimum Gasteiger partial charge on any atom is -0.459 e. The van der Waals surface area contributed by atoms with E-state index in [4.69, 9.17) is 4.74 Å². The van der Waals surface area contributed by atoms with Gasteiger partial charge in [0.1, 0.15) is 0 Å². The lowest BCUT2D eigenvalue weighted by molar-refractivity contribution is -0.143. The third-order valence-electron chi connectivity index (χ3n) is 4.21. The van der Waals surface area contributed by atoms with Crippen LogP contribution in [0.3, 0.4) is 0 Å². The van der Waals surface area contributed by atoms with E-state index in [-0.39, 0.29) is 17.3 Å². The van der Waals surface area contributed by atoms with Crippen molar-refractivity contribution < 1.29 is 14.3 Å². The van der Waals surface area contributed by atoms with Crippen LogP contribution in [0.4, 0.5) is 0 Å². The fraction of sp³-hybridized carbons (Fsp3) is 0.421. The first-order valence-corrected chi connectivity index (χ1v) is 9.24. The van der Waals surface area contributed by atoms with Crippen LogP contribution in [0.25, 0.3) is 0 Å². The number of thioether (sulfide) groups is 1.